The molecule has 1 aromatic rings. The van der Waals surface area contributed by atoms with Crippen LogP contribution in [0.15, 0.2) is 16.7 Å². The Morgan fingerprint density at radius 2 is 2.29 bits per heavy atom. The maximum absolute atomic E-state index is 11.5. The number of halogens is 1. The molecule has 0 radical (unpaired) electrons. The van der Waals surface area contributed by atoms with Crippen molar-refractivity contribution in [1.82, 2.24) is 10.2 Å². The normalized spacial score (nSPS) is 21.7. The first-order valence-electron chi connectivity index (χ1n) is 4.14. The Hall–Kier alpha value is -0.620. The molecule has 6 heteroatoms. The molecule has 0 spiro atoms. The van der Waals surface area contributed by atoms with E-state index in [1.165, 1.54) is 0 Å². The van der Waals surface area contributed by atoms with Gasteiger partial charge in [0.15, 0.2) is 5.82 Å². The number of nitrogens with zero attached hydrogens (tertiary/aromatic N) is 3. The van der Waals surface area contributed by atoms with Crippen LogP contribution in [0.3, 0.4) is 0 Å². The molecular formula is C8H8BrN3OS. The Balaban J connectivity index is 2.23. The highest BCUT2D eigenvalue weighted by Crippen LogP contribution is 2.22. The number of thiol groups is 1. The minimum Gasteiger partial charge on any atom is -0.294 e. The predicted octanol–water partition coefficient (Wildman–Crippen LogP) is 1.27. The summed E-state index contributed by atoms with van der Waals surface area (Å²) in [6.07, 6.45) is 0.473. The lowest BCUT2D eigenvalue weighted by atomic mass is 10.4. The van der Waals surface area contributed by atoms with Gasteiger partial charge in [-0.15, -0.1) is 10.2 Å². The summed E-state index contributed by atoms with van der Waals surface area (Å²) in [5, 5.41) is 7.86. The number of rotatable bonds is 1. The first kappa shape index (κ1) is 9.92. The lowest BCUT2D eigenvalue weighted by Crippen LogP contribution is -2.25. The van der Waals surface area contributed by atoms with Crippen LogP contribution in [0.2, 0.25) is 0 Å². The van der Waals surface area contributed by atoms with E-state index >= 15 is 0 Å². The van der Waals surface area contributed by atoms with Crippen LogP contribution in [0.5, 0.6) is 0 Å². The largest absolute Gasteiger partial charge is 0.294 e. The Labute approximate surface area is 95.2 Å². The predicted molar refractivity (Wildman–Crippen MR) is 59.5 cm³/mol. The van der Waals surface area contributed by atoms with Gasteiger partial charge >= 0.3 is 0 Å². The molecule has 74 valence electrons. The maximum Gasteiger partial charge on any atom is 0.229 e. The van der Waals surface area contributed by atoms with Gasteiger partial charge in [-0.05, 0) is 28.1 Å². The highest BCUT2D eigenvalue weighted by atomic mass is 79.9. The van der Waals surface area contributed by atoms with Crippen LogP contribution in [0.25, 0.3) is 0 Å². The molecule has 1 amide bonds. The van der Waals surface area contributed by atoms with Crippen molar-refractivity contribution in [2.24, 2.45) is 0 Å². The van der Waals surface area contributed by atoms with Gasteiger partial charge in [0, 0.05) is 18.2 Å². The molecule has 1 saturated heterocycles. The average molecular weight is 274 g/mol. The number of hydrogen-bond acceptors (Lipinski definition) is 4. The zero-order valence-electron chi connectivity index (χ0n) is 7.22. The molecule has 0 N–H and O–H groups in total. The summed E-state index contributed by atoms with van der Waals surface area (Å²) in [6, 6.07) is 3.53. The minimum absolute atomic E-state index is 0.0571. The van der Waals surface area contributed by atoms with E-state index in [0.717, 1.165) is 0 Å². The Morgan fingerprint density at radius 1 is 1.50 bits per heavy atom. The summed E-state index contributed by atoms with van der Waals surface area (Å²) in [5.41, 5.74) is 0. The molecule has 1 aliphatic rings. The summed E-state index contributed by atoms with van der Waals surface area (Å²) in [5.74, 6) is 0.649. The SMILES string of the molecule is O=C1CC(S)CN1c1ccc(Br)nn1. The van der Waals surface area contributed by atoms with Crippen LogP contribution >= 0.6 is 28.6 Å². The third-order valence-electron chi connectivity index (χ3n) is 2.00. The van der Waals surface area contributed by atoms with E-state index in [-0.39, 0.29) is 11.2 Å². The van der Waals surface area contributed by atoms with E-state index in [9.17, 15) is 4.79 Å². The topological polar surface area (TPSA) is 46.1 Å². The van der Waals surface area contributed by atoms with Crippen molar-refractivity contribution >= 4 is 40.3 Å². The van der Waals surface area contributed by atoms with Crippen molar-refractivity contribution in [3.63, 3.8) is 0 Å². The number of carbonyl (C=O) groups excluding carboxylic acids is 1. The van der Waals surface area contributed by atoms with Gasteiger partial charge in [-0.3, -0.25) is 9.69 Å². The molecule has 2 rings (SSSR count). The lowest BCUT2D eigenvalue weighted by molar-refractivity contribution is -0.117. The molecule has 1 aliphatic heterocycles. The van der Waals surface area contributed by atoms with Crippen LogP contribution in [-0.2, 0) is 4.79 Å². The number of amides is 1. The van der Waals surface area contributed by atoms with Gasteiger partial charge in [-0.1, -0.05) is 0 Å². The van der Waals surface area contributed by atoms with E-state index < -0.39 is 0 Å². The van der Waals surface area contributed by atoms with E-state index in [4.69, 9.17) is 0 Å². The van der Waals surface area contributed by atoms with Crippen molar-refractivity contribution in [2.45, 2.75) is 11.7 Å². The van der Waals surface area contributed by atoms with Gasteiger partial charge in [-0.2, -0.15) is 12.6 Å². The molecule has 1 unspecified atom stereocenters. The zero-order chi connectivity index (χ0) is 10.1. The van der Waals surface area contributed by atoms with Gasteiger partial charge in [0.1, 0.15) is 4.60 Å². The smallest absolute Gasteiger partial charge is 0.229 e. The van der Waals surface area contributed by atoms with Crippen LogP contribution in [0.1, 0.15) is 6.42 Å². The molecule has 0 aliphatic carbocycles. The highest BCUT2D eigenvalue weighted by Gasteiger charge is 2.29. The lowest BCUT2D eigenvalue weighted by Gasteiger charge is -2.13. The molecular weight excluding hydrogens is 266 g/mol. The van der Waals surface area contributed by atoms with Crippen LogP contribution < -0.4 is 4.90 Å². The fraction of sp³-hybridized carbons (Fsp3) is 0.375. The van der Waals surface area contributed by atoms with Gasteiger partial charge in [0.25, 0.3) is 0 Å². The van der Waals surface area contributed by atoms with Crippen LogP contribution in [0, 0.1) is 0 Å². The van der Waals surface area contributed by atoms with E-state index in [1.807, 2.05) is 0 Å². The van der Waals surface area contributed by atoms with Crippen LogP contribution in [-0.4, -0.2) is 27.9 Å². The molecule has 14 heavy (non-hydrogen) atoms. The Morgan fingerprint density at radius 3 is 2.79 bits per heavy atom. The van der Waals surface area contributed by atoms with E-state index in [0.29, 0.717) is 23.4 Å². The van der Waals surface area contributed by atoms with Crippen molar-refractivity contribution < 1.29 is 4.79 Å². The van der Waals surface area contributed by atoms with Crippen molar-refractivity contribution in [3.05, 3.63) is 16.7 Å². The molecule has 0 aromatic carbocycles. The van der Waals surface area contributed by atoms with E-state index in [2.05, 4.69) is 38.8 Å². The first-order chi connectivity index (χ1) is 6.66. The molecule has 1 fully saturated rings. The second-order valence-electron chi connectivity index (χ2n) is 3.08. The van der Waals surface area contributed by atoms with Gasteiger partial charge in [-0.25, -0.2) is 0 Å². The standard InChI is InChI=1S/C8H8BrN3OS/c9-6-1-2-7(11-10-6)12-4-5(14)3-8(12)13/h1-2,5,14H,3-4H2. The number of carbonyl (C=O) groups is 1. The second kappa shape index (κ2) is 3.86. The summed E-state index contributed by atoms with van der Waals surface area (Å²) >= 11 is 7.45. The van der Waals surface area contributed by atoms with E-state index in [1.54, 1.807) is 17.0 Å². The molecule has 0 saturated carbocycles. The Bertz CT molecular complexity index is 356. The molecule has 1 atom stereocenters. The van der Waals surface area contributed by atoms with Crippen molar-refractivity contribution in [3.8, 4) is 0 Å². The second-order valence-corrected chi connectivity index (χ2v) is 4.62. The molecule has 2 heterocycles. The summed E-state index contributed by atoms with van der Waals surface area (Å²) in [6.45, 7) is 0.609. The van der Waals surface area contributed by atoms with Crippen LogP contribution in [0.4, 0.5) is 5.82 Å². The Kier molecular flexibility index (Phi) is 2.73. The fourth-order valence-corrected chi connectivity index (χ4v) is 1.89. The maximum atomic E-state index is 11.5. The van der Waals surface area contributed by atoms with Crippen molar-refractivity contribution in [1.29, 1.82) is 0 Å². The summed E-state index contributed by atoms with van der Waals surface area (Å²) in [7, 11) is 0. The summed E-state index contributed by atoms with van der Waals surface area (Å²) < 4.78 is 0.662. The zero-order valence-corrected chi connectivity index (χ0v) is 9.70. The van der Waals surface area contributed by atoms with Crippen molar-refractivity contribution in [2.75, 3.05) is 11.4 Å². The third-order valence-corrected chi connectivity index (χ3v) is 2.77. The van der Waals surface area contributed by atoms with Gasteiger partial charge < -0.3 is 0 Å². The number of anilines is 1. The molecule has 0 bridgehead atoms. The quantitative estimate of drug-likeness (QED) is 0.784. The highest BCUT2D eigenvalue weighted by molar-refractivity contribution is 9.10. The molecule has 4 nitrogen and oxygen atoms in total. The first-order valence-corrected chi connectivity index (χ1v) is 5.45. The fourth-order valence-electron chi connectivity index (χ4n) is 1.36. The molecule has 1 aromatic heterocycles. The minimum atomic E-state index is 0.0571. The number of hydrogen-bond donors (Lipinski definition) is 1. The monoisotopic (exact) mass is 273 g/mol. The summed E-state index contributed by atoms with van der Waals surface area (Å²) in [4.78, 5) is 13.1. The van der Waals surface area contributed by atoms with Gasteiger partial charge in [0.05, 0.1) is 0 Å². The third kappa shape index (κ3) is 1.90. The van der Waals surface area contributed by atoms with Gasteiger partial charge in [0.2, 0.25) is 5.91 Å². The average Bonchev–Trinajstić information content (AvgIpc) is 2.47. The number of aromatic nitrogens is 2.